The number of halogens is 1. The first-order chi connectivity index (χ1) is 8.74. The molecule has 1 aliphatic rings. The molecule has 1 saturated carbocycles. The maximum Gasteiger partial charge on any atom is 0.306 e. The Bertz CT molecular complexity index is 419. The van der Waals surface area contributed by atoms with Crippen LogP contribution in [-0.2, 0) is 9.53 Å². The predicted molar refractivity (Wildman–Crippen MR) is 73.4 cm³/mol. The molecule has 0 aromatic heterocycles. The van der Waals surface area contributed by atoms with E-state index in [2.05, 4.69) is 0 Å². The topological polar surface area (TPSA) is 26.3 Å². The monoisotopic (exact) mass is 264 g/mol. The van der Waals surface area contributed by atoms with Crippen LogP contribution in [0.2, 0.25) is 5.02 Å². The van der Waals surface area contributed by atoms with Crippen LogP contribution in [0.5, 0.6) is 0 Å². The number of hydrogen-bond acceptors (Lipinski definition) is 2. The standard InChI is InChI=1S/C15H17ClO2/c16-14-8-5-12(6-9-14)2-1-11-18-15(17)10-7-13-3-4-13/h1-2,5-6,8-9,13H,3-4,7,10-11H2/b2-1+. The summed E-state index contributed by atoms with van der Waals surface area (Å²) in [6.07, 6.45) is 7.87. The van der Waals surface area contributed by atoms with Crippen LogP contribution in [0, 0.1) is 5.92 Å². The summed E-state index contributed by atoms with van der Waals surface area (Å²) in [7, 11) is 0. The number of benzene rings is 1. The normalized spacial score (nSPS) is 14.9. The summed E-state index contributed by atoms with van der Waals surface area (Å²) in [5.74, 6) is 0.685. The van der Waals surface area contributed by atoms with Crippen molar-refractivity contribution in [1.82, 2.24) is 0 Å². The predicted octanol–water partition coefficient (Wildman–Crippen LogP) is 4.09. The van der Waals surface area contributed by atoms with Crippen molar-refractivity contribution in [2.75, 3.05) is 6.61 Å². The van der Waals surface area contributed by atoms with Gasteiger partial charge in [-0.05, 0) is 36.1 Å². The van der Waals surface area contributed by atoms with Crippen LogP contribution in [0.3, 0.4) is 0 Å². The summed E-state index contributed by atoms with van der Waals surface area (Å²) >= 11 is 5.79. The largest absolute Gasteiger partial charge is 0.461 e. The lowest BCUT2D eigenvalue weighted by Gasteiger charge is -2.00. The Morgan fingerprint density at radius 3 is 2.72 bits per heavy atom. The molecular weight excluding hydrogens is 248 g/mol. The molecule has 1 aliphatic carbocycles. The van der Waals surface area contributed by atoms with E-state index < -0.39 is 0 Å². The van der Waals surface area contributed by atoms with E-state index in [1.54, 1.807) is 0 Å². The average Bonchev–Trinajstić information content (AvgIpc) is 3.18. The van der Waals surface area contributed by atoms with Gasteiger partial charge in [0.25, 0.3) is 0 Å². The molecule has 1 aromatic carbocycles. The van der Waals surface area contributed by atoms with Gasteiger partial charge in [-0.15, -0.1) is 0 Å². The number of carbonyl (C=O) groups is 1. The lowest BCUT2D eigenvalue weighted by atomic mass is 10.2. The van der Waals surface area contributed by atoms with Crippen molar-refractivity contribution in [3.8, 4) is 0 Å². The number of ether oxygens (including phenoxy) is 1. The minimum Gasteiger partial charge on any atom is -0.461 e. The Balaban J connectivity index is 1.64. The highest BCUT2D eigenvalue weighted by Gasteiger charge is 2.21. The molecule has 2 nitrogen and oxygen atoms in total. The highest BCUT2D eigenvalue weighted by molar-refractivity contribution is 6.30. The van der Waals surface area contributed by atoms with Crippen molar-refractivity contribution in [2.45, 2.75) is 25.7 Å². The minimum atomic E-state index is -0.0948. The average molecular weight is 265 g/mol. The van der Waals surface area contributed by atoms with Crippen LogP contribution in [0.25, 0.3) is 6.08 Å². The van der Waals surface area contributed by atoms with Crippen LogP contribution >= 0.6 is 11.6 Å². The van der Waals surface area contributed by atoms with E-state index in [9.17, 15) is 4.79 Å². The summed E-state index contributed by atoms with van der Waals surface area (Å²) < 4.78 is 5.11. The smallest absolute Gasteiger partial charge is 0.306 e. The fourth-order valence-corrected chi connectivity index (χ4v) is 1.83. The Kier molecular flexibility index (Phi) is 4.82. The zero-order valence-corrected chi connectivity index (χ0v) is 11.0. The van der Waals surface area contributed by atoms with Gasteiger partial charge in [0.05, 0.1) is 0 Å². The molecule has 1 fully saturated rings. The molecule has 0 unspecified atom stereocenters. The van der Waals surface area contributed by atoms with Crippen molar-refractivity contribution in [1.29, 1.82) is 0 Å². The molecule has 1 aromatic rings. The Hall–Kier alpha value is -1.28. The fourth-order valence-electron chi connectivity index (χ4n) is 1.70. The third-order valence-corrected chi connectivity index (χ3v) is 3.23. The van der Waals surface area contributed by atoms with Crippen molar-refractivity contribution < 1.29 is 9.53 Å². The maximum atomic E-state index is 11.4. The summed E-state index contributed by atoms with van der Waals surface area (Å²) in [5, 5.41) is 0.721. The van der Waals surface area contributed by atoms with Crippen molar-refractivity contribution >= 4 is 23.6 Å². The summed E-state index contributed by atoms with van der Waals surface area (Å²) in [4.78, 5) is 11.4. The number of hydrogen-bond donors (Lipinski definition) is 0. The first-order valence-electron chi connectivity index (χ1n) is 6.32. The molecule has 0 N–H and O–H groups in total. The third-order valence-electron chi connectivity index (χ3n) is 2.97. The number of esters is 1. The molecule has 0 aliphatic heterocycles. The van der Waals surface area contributed by atoms with Crippen LogP contribution in [0.1, 0.15) is 31.2 Å². The zero-order valence-electron chi connectivity index (χ0n) is 10.3. The van der Waals surface area contributed by atoms with E-state index >= 15 is 0 Å². The Morgan fingerprint density at radius 2 is 2.06 bits per heavy atom. The number of carbonyl (C=O) groups excluding carboxylic acids is 1. The molecule has 0 atom stereocenters. The van der Waals surface area contributed by atoms with Crippen molar-refractivity contribution in [2.24, 2.45) is 5.92 Å². The van der Waals surface area contributed by atoms with Gasteiger partial charge >= 0.3 is 5.97 Å². The quantitative estimate of drug-likeness (QED) is 0.724. The molecule has 96 valence electrons. The van der Waals surface area contributed by atoms with Crippen LogP contribution < -0.4 is 0 Å². The van der Waals surface area contributed by atoms with Crippen molar-refractivity contribution in [3.63, 3.8) is 0 Å². The molecule has 3 heteroatoms. The van der Waals surface area contributed by atoms with E-state index in [0.717, 1.165) is 22.9 Å². The van der Waals surface area contributed by atoms with Crippen LogP contribution in [0.15, 0.2) is 30.3 Å². The van der Waals surface area contributed by atoms with Crippen LogP contribution in [0.4, 0.5) is 0 Å². The molecule has 0 radical (unpaired) electrons. The van der Waals surface area contributed by atoms with Crippen molar-refractivity contribution in [3.05, 3.63) is 40.9 Å². The molecule has 0 saturated heterocycles. The van der Waals surface area contributed by atoms with E-state index in [-0.39, 0.29) is 5.97 Å². The van der Waals surface area contributed by atoms with E-state index in [0.29, 0.717) is 13.0 Å². The van der Waals surface area contributed by atoms with E-state index in [1.807, 2.05) is 36.4 Å². The van der Waals surface area contributed by atoms with E-state index in [4.69, 9.17) is 16.3 Å². The summed E-state index contributed by atoms with van der Waals surface area (Å²) in [6, 6.07) is 7.52. The summed E-state index contributed by atoms with van der Waals surface area (Å²) in [5.41, 5.74) is 1.05. The molecule has 0 heterocycles. The SMILES string of the molecule is O=C(CCC1CC1)OC/C=C/c1ccc(Cl)cc1. The zero-order chi connectivity index (χ0) is 12.8. The highest BCUT2D eigenvalue weighted by Crippen LogP contribution is 2.33. The second-order valence-electron chi connectivity index (χ2n) is 4.62. The summed E-state index contributed by atoms with van der Waals surface area (Å²) in [6.45, 7) is 0.339. The maximum absolute atomic E-state index is 11.4. The second kappa shape index (κ2) is 6.60. The molecule has 0 amide bonds. The van der Waals surface area contributed by atoms with Crippen LogP contribution in [-0.4, -0.2) is 12.6 Å². The fraction of sp³-hybridized carbons (Fsp3) is 0.400. The molecule has 0 spiro atoms. The molecular formula is C15H17ClO2. The minimum absolute atomic E-state index is 0.0948. The van der Waals surface area contributed by atoms with Gasteiger partial charge in [-0.1, -0.05) is 42.7 Å². The first-order valence-corrected chi connectivity index (χ1v) is 6.69. The van der Waals surface area contributed by atoms with Gasteiger partial charge in [0.2, 0.25) is 0 Å². The molecule has 0 bridgehead atoms. The lowest BCUT2D eigenvalue weighted by Crippen LogP contribution is -2.04. The van der Waals surface area contributed by atoms with Gasteiger partial charge in [0, 0.05) is 11.4 Å². The lowest BCUT2D eigenvalue weighted by molar-refractivity contribution is -0.142. The third kappa shape index (κ3) is 4.92. The van der Waals surface area contributed by atoms with Gasteiger partial charge in [0.1, 0.15) is 6.61 Å². The van der Waals surface area contributed by atoms with Gasteiger partial charge < -0.3 is 4.74 Å². The van der Waals surface area contributed by atoms with Gasteiger partial charge in [-0.3, -0.25) is 4.79 Å². The molecule has 2 rings (SSSR count). The second-order valence-corrected chi connectivity index (χ2v) is 5.06. The van der Waals surface area contributed by atoms with E-state index in [1.165, 1.54) is 12.8 Å². The highest BCUT2D eigenvalue weighted by atomic mass is 35.5. The van der Waals surface area contributed by atoms with Gasteiger partial charge in [-0.25, -0.2) is 0 Å². The van der Waals surface area contributed by atoms with Gasteiger partial charge in [0.15, 0.2) is 0 Å². The molecule has 18 heavy (non-hydrogen) atoms. The number of rotatable bonds is 6. The Morgan fingerprint density at radius 1 is 1.33 bits per heavy atom. The van der Waals surface area contributed by atoms with Gasteiger partial charge in [-0.2, -0.15) is 0 Å². The Labute approximate surface area is 113 Å². The first kappa shape index (κ1) is 13.2.